The molecular weight excluding hydrogens is 374 g/mol. The van der Waals surface area contributed by atoms with Crippen LogP contribution in [0.3, 0.4) is 0 Å². The largest absolute Gasteiger partial charge is 0.481 e. The van der Waals surface area contributed by atoms with Crippen LogP contribution in [0.25, 0.3) is 0 Å². The Labute approximate surface area is 130 Å². The van der Waals surface area contributed by atoms with Crippen molar-refractivity contribution in [1.29, 1.82) is 0 Å². The third kappa shape index (κ3) is 3.58. The Morgan fingerprint density at radius 2 is 1.95 bits per heavy atom. The Hall–Kier alpha value is -0.390. The maximum atomic E-state index is 11.2. The van der Waals surface area contributed by atoms with Crippen molar-refractivity contribution in [1.82, 2.24) is 4.90 Å². The molecule has 3 nitrogen and oxygen atoms in total. The summed E-state index contributed by atoms with van der Waals surface area (Å²) in [4.78, 5) is 13.5. The van der Waals surface area contributed by atoms with Crippen molar-refractivity contribution in [3.8, 4) is 0 Å². The van der Waals surface area contributed by atoms with Crippen molar-refractivity contribution < 1.29 is 9.90 Å². The summed E-state index contributed by atoms with van der Waals surface area (Å²) in [6.07, 6.45) is 1.44. The number of hydrogen-bond donors (Lipinski definition) is 1. The number of rotatable bonds is 3. The minimum absolute atomic E-state index is 0.545. The van der Waals surface area contributed by atoms with E-state index in [4.69, 9.17) is 0 Å². The molecule has 1 aliphatic rings. The third-order valence-corrected chi connectivity index (χ3v) is 5.75. The van der Waals surface area contributed by atoms with E-state index >= 15 is 0 Å². The predicted octanol–water partition coefficient (Wildman–Crippen LogP) is 3.90. The quantitative estimate of drug-likeness (QED) is 0.850. The minimum Gasteiger partial charge on any atom is -0.481 e. The molecule has 0 aromatic heterocycles. The molecule has 1 saturated heterocycles. The summed E-state index contributed by atoms with van der Waals surface area (Å²) in [6.45, 7) is 4.41. The van der Waals surface area contributed by atoms with Crippen LogP contribution >= 0.6 is 31.9 Å². The standard InChI is InChI=1S/C14H17Br2NO2/c1-14(13(18)19)4-6-17(7-5-14)9-10-2-3-11(15)12(16)8-10/h2-3,8H,4-7,9H2,1H3,(H,18,19). The molecule has 5 heteroatoms. The van der Waals surface area contributed by atoms with Gasteiger partial charge in [0.05, 0.1) is 5.41 Å². The van der Waals surface area contributed by atoms with Gasteiger partial charge in [0.2, 0.25) is 0 Å². The Morgan fingerprint density at radius 3 is 2.47 bits per heavy atom. The Balaban J connectivity index is 1.95. The first-order valence-corrected chi connectivity index (χ1v) is 7.89. The molecule has 1 aromatic rings. The van der Waals surface area contributed by atoms with Crippen LogP contribution in [0.4, 0.5) is 0 Å². The number of benzene rings is 1. The Morgan fingerprint density at radius 1 is 1.32 bits per heavy atom. The molecule has 1 fully saturated rings. The monoisotopic (exact) mass is 389 g/mol. The molecule has 1 aliphatic heterocycles. The normalized spacial score (nSPS) is 19.3. The van der Waals surface area contributed by atoms with Gasteiger partial charge in [-0.25, -0.2) is 0 Å². The van der Waals surface area contributed by atoms with Crippen molar-refractivity contribution in [2.45, 2.75) is 26.3 Å². The highest BCUT2D eigenvalue weighted by Gasteiger charge is 2.36. The summed E-state index contributed by atoms with van der Waals surface area (Å²) in [5, 5.41) is 9.21. The van der Waals surface area contributed by atoms with Gasteiger partial charge in [0, 0.05) is 15.5 Å². The number of carboxylic acids is 1. The van der Waals surface area contributed by atoms with Gasteiger partial charge in [0.15, 0.2) is 0 Å². The fourth-order valence-electron chi connectivity index (χ4n) is 2.31. The zero-order valence-corrected chi connectivity index (χ0v) is 14.0. The average Bonchev–Trinajstić information content (AvgIpc) is 2.37. The summed E-state index contributed by atoms with van der Waals surface area (Å²) in [5.41, 5.74) is 0.700. The van der Waals surface area contributed by atoms with Gasteiger partial charge in [0.25, 0.3) is 0 Å². The lowest BCUT2D eigenvalue weighted by molar-refractivity contribution is -0.150. The maximum Gasteiger partial charge on any atom is 0.309 e. The lowest BCUT2D eigenvalue weighted by atomic mass is 9.80. The van der Waals surface area contributed by atoms with Crippen LogP contribution in [0, 0.1) is 5.41 Å². The molecular formula is C14H17Br2NO2. The van der Waals surface area contributed by atoms with E-state index in [9.17, 15) is 9.90 Å². The van der Waals surface area contributed by atoms with Gasteiger partial charge in [-0.3, -0.25) is 9.69 Å². The molecule has 104 valence electrons. The molecule has 0 spiro atoms. The number of carbonyl (C=O) groups is 1. The number of nitrogens with zero attached hydrogens (tertiary/aromatic N) is 1. The van der Waals surface area contributed by atoms with Gasteiger partial charge in [-0.1, -0.05) is 6.07 Å². The molecule has 0 unspecified atom stereocenters. The molecule has 0 amide bonds. The maximum absolute atomic E-state index is 11.2. The second-order valence-electron chi connectivity index (χ2n) is 5.39. The second kappa shape index (κ2) is 5.94. The van der Waals surface area contributed by atoms with E-state index < -0.39 is 11.4 Å². The highest BCUT2D eigenvalue weighted by atomic mass is 79.9. The predicted molar refractivity (Wildman–Crippen MR) is 82.1 cm³/mol. The molecule has 0 aliphatic carbocycles. The molecule has 0 bridgehead atoms. The molecule has 19 heavy (non-hydrogen) atoms. The first-order chi connectivity index (χ1) is 8.90. The fourth-order valence-corrected chi connectivity index (χ4v) is 2.99. The number of piperidine rings is 1. The van der Waals surface area contributed by atoms with E-state index in [1.807, 2.05) is 13.0 Å². The van der Waals surface area contributed by atoms with Crippen LogP contribution < -0.4 is 0 Å². The van der Waals surface area contributed by atoms with Gasteiger partial charge in [0.1, 0.15) is 0 Å². The smallest absolute Gasteiger partial charge is 0.309 e. The van der Waals surface area contributed by atoms with E-state index in [-0.39, 0.29) is 0 Å². The van der Waals surface area contributed by atoms with Gasteiger partial charge in [-0.15, -0.1) is 0 Å². The van der Waals surface area contributed by atoms with Crippen LogP contribution in [0.5, 0.6) is 0 Å². The second-order valence-corrected chi connectivity index (χ2v) is 7.10. The lowest BCUT2D eigenvalue weighted by Crippen LogP contribution is -2.42. The van der Waals surface area contributed by atoms with E-state index in [1.54, 1.807) is 0 Å². The first kappa shape index (κ1) is 15.0. The highest BCUT2D eigenvalue weighted by Crippen LogP contribution is 2.32. The van der Waals surface area contributed by atoms with E-state index in [2.05, 4.69) is 48.9 Å². The summed E-state index contributed by atoms with van der Waals surface area (Å²) in [6, 6.07) is 6.24. The third-order valence-electron chi connectivity index (χ3n) is 3.87. The van der Waals surface area contributed by atoms with Crippen LogP contribution in [0.1, 0.15) is 25.3 Å². The fraction of sp³-hybridized carbons (Fsp3) is 0.500. The molecule has 1 aromatic carbocycles. The van der Waals surface area contributed by atoms with Gasteiger partial charge < -0.3 is 5.11 Å². The highest BCUT2D eigenvalue weighted by molar-refractivity contribution is 9.13. The van der Waals surface area contributed by atoms with Crippen LogP contribution in [0.2, 0.25) is 0 Å². The van der Waals surface area contributed by atoms with Crippen molar-refractivity contribution >= 4 is 37.8 Å². The number of carboxylic acid groups (broad SMARTS) is 1. The summed E-state index contributed by atoms with van der Waals surface area (Å²) in [7, 11) is 0. The van der Waals surface area contributed by atoms with E-state index in [1.165, 1.54) is 5.56 Å². The first-order valence-electron chi connectivity index (χ1n) is 6.30. The van der Waals surface area contributed by atoms with Gasteiger partial charge >= 0.3 is 5.97 Å². The van der Waals surface area contributed by atoms with E-state index in [0.717, 1.165) is 41.4 Å². The number of likely N-dealkylation sites (tertiary alicyclic amines) is 1. The van der Waals surface area contributed by atoms with Crippen molar-refractivity contribution in [3.63, 3.8) is 0 Å². The van der Waals surface area contributed by atoms with Crippen LogP contribution in [0.15, 0.2) is 27.1 Å². The van der Waals surface area contributed by atoms with Crippen LogP contribution in [-0.4, -0.2) is 29.1 Å². The zero-order valence-electron chi connectivity index (χ0n) is 10.8. The molecule has 0 saturated carbocycles. The number of hydrogen-bond acceptors (Lipinski definition) is 2. The molecule has 1 heterocycles. The Kier molecular flexibility index (Phi) is 4.69. The van der Waals surface area contributed by atoms with Crippen molar-refractivity contribution in [3.05, 3.63) is 32.7 Å². The van der Waals surface area contributed by atoms with Crippen molar-refractivity contribution in [2.75, 3.05) is 13.1 Å². The number of aliphatic carboxylic acids is 1. The summed E-state index contributed by atoms with van der Waals surface area (Å²) in [5.74, 6) is -0.668. The molecule has 0 radical (unpaired) electrons. The average molecular weight is 391 g/mol. The molecule has 0 atom stereocenters. The minimum atomic E-state index is -0.668. The molecule has 1 N–H and O–H groups in total. The topological polar surface area (TPSA) is 40.5 Å². The number of halogens is 2. The molecule has 2 rings (SSSR count). The summed E-state index contributed by atoms with van der Waals surface area (Å²) >= 11 is 6.96. The van der Waals surface area contributed by atoms with Gasteiger partial charge in [-0.05, 0) is 82.4 Å². The SMILES string of the molecule is CC1(C(=O)O)CCN(Cc2ccc(Br)c(Br)c2)CC1. The van der Waals surface area contributed by atoms with E-state index in [0.29, 0.717) is 0 Å². The van der Waals surface area contributed by atoms with Crippen molar-refractivity contribution in [2.24, 2.45) is 5.41 Å². The Bertz CT molecular complexity index is 482. The van der Waals surface area contributed by atoms with Gasteiger partial charge in [-0.2, -0.15) is 0 Å². The summed E-state index contributed by atoms with van der Waals surface area (Å²) < 4.78 is 2.10. The lowest BCUT2D eigenvalue weighted by Gasteiger charge is -2.36. The van der Waals surface area contributed by atoms with Crippen LogP contribution in [-0.2, 0) is 11.3 Å². The zero-order chi connectivity index (χ0) is 14.0.